The monoisotopic (exact) mass is 293 g/mol. The molecule has 1 aromatic carbocycles. The normalized spacial score (nSPS) is 23.2. The zero-order valence-electron chi connectivity index (χ0n) is 11.2. The molecule has 0 N–H and O–H groups in total. The summed E-state index contributed by atoms with van der Waals surface area (Å²) < 4.78 is 11.3. The number of rotatable bonds is 2. The molecule has 1 saturated heterocycles. The molecule has 106 valence electrons. The van der Waals surface area contributed by atoms with E-state index in [0.29, 0.717) is 24.7 Å². The first-order chi connectivity index (χ1) is 9.67. The van der Waals surface area contributed by atoms with Crippen molar-refractivity contribution in [2.45, 2.75) is 19.1 Å². The molecule has 2 unspecified atom stereocenters. The maximum absolute atomic E-state index is 12.5. The van der Waals surface area contributed by atoms with Crippen LogP contribution in [-0.4, -0.2) is 42.0 Å². The highest BCUT2D eigenvalue weighted by atomic mass is 35.5. The summed E-state index contributed by atoms with van der Waals surface area (Å²) in [5, 5.41) is 0.936. The van der Waals surface area contributed by atoms with Crippen LogP contribution in [0.5, 0.6) is 0 Å². The third kappa shape index (κ3) is 2.53. The van der Waals surface area contributed by atoms with Gasteiger partial charge in [-0.3, -0.25) is 4.79 Å². The van der Waals surface area contributed by atoms with Crippen LogP contribution in [0.2, 0.25) is 0 Å². The minimum absolute atomic E-state index is 0.0131. The number of halogens is 1. The lowest BCUT2D eigenvalue weighted by molar-refractivity contribution is -0.0576. The van der Waals surface area contributed by atoms with Crippen molar-refractivity contribution in [2.24, 2.45) is 0 Å². The third-order valence-corrected chi connectivity index (χ3v) is 3.77. The van der Waals surface area contributed by atoms with E-state index in [1.807, 2.05) is 31.2 Å². The van der Waals surface area contributed by atoms with E-state index >= 15 is 0 Å². The molecule has 2 aromatic rings. The summed E-state index contributed by atoms with van der Waals surface area (Å²) in [6.07, 6.45) is -0.130. The lowest BCUT2D eigenvalue weighted by Crippen LogP contribution is -2.49. The average molecular weight is 294 g/mol. The molecule has 3 rings (SSSR count). The second-order valence-electron chi connectivity index (χ2n) is 5.08. The molecule has 4 nitrogen and oxygen atoms in total. The number of para-hydroxylation sites is 1. The number of morpholine rings is 1. The Morgan fingerprint density at radius 2 is 2.20 bits per heavy atom. The maximum atomic E-state index is 12.5. The molecule has 0 saturated carbocycles. The minimum atomic E-state index is -0.117. The fourth-order valence-corrected chi connectivity index (χ4v) is 2.71. The van der Waals surface area contributed by atoms with Crippen molar-refractivity contribution in [3.63, 3.8) is 0 Å². The number of ether oxygens (including phenoxy) is 1. The van der Waals surface area contributed by atoms with Gasteiger partial charge in [-0.25, -0.2) is 0 Å². The molecule has 2 atom stereocenters. The fraction of sp³-hybridized carbons (Fsp3) is 0.400. The maximum Gasteiger partial charge on any atom is 0.289 e. The van der Waals surface area contributed by atoms with E-state index in [1.54, 1.807) is 11.0 Å². The van der Waals surface area contributed by atoms with Crippen LogP contribution in [0.1, 0.15) is 17.5 Å². The number of amides is 1. The molecule has 1 amide bonds. The van der Waals surface area contributed by atoms with Crippen molar-refractivity contribution in [1.29, 1.82) is 0 Å². The van der Waals surface area contributed by atoms with Crippen LogP contribution in [-0.2, 0) is 4.74 Å². The highest BCUT2D eigenvalue weighted by molar-refractivity contribution is 6.18. The van der Waals surface area contributed by atoms with E-state index in [0.717, 1.165) is 11.0 Å². The Morgan fingerprint density at radius 3 is 2.95 bits per heavy atom. The SMILES string of the molecule is CC1CN(C(=O)c2cc3ccccc3o2)CC(CCl)O1. The Labute approximate surface area is 122 Å². The smallest absolute Gasteiger partial charge is 0.289 e. The van der Waals surface area contributed by atoms with Crippen molar-refractivity contribution >= 4 is 28.5 Å². The first kappa shape index (κ1) is 13.5. The summed E-state index contributed by atoms with van der Waals surface area (Å²) >= 11 is 5.84. The van der Waals surface area contributed by atoms with Gasteiger partial charge in [0.1, 0.15) is 5.58 Å². The van der Waals surface area contributed by atoms with Crippen molar-refractivity contribution in [3.05, 3.63) is 36.1 Å². The van der Waals surface area contributed by atoms with Crippen LogP contribution < -0.4 is 0 Å². The molecule has 1 fully saturated rings. The topological polar surface area (TPSA) is 42.7 Å². The van der Waals surface area contributed by atoms with E-state index in [1.165, 1.54) is 0 Å². The quantitative estimate of drug-likeness (QED) is 0.800. The highest BCUT2D eigenvalue weighted by Gasteiger charge is 2.29. The Morgan fingerprint density at radius 1 is 1.40 bits per heavy atom. The Bertz CT molecular complexity index is 591. The summed E-state index contributed by atoms with van der Waals surface area (Å²) in [6.45, 7) is 3.00. The predicted octanol–water partition coefficient (Wildman–Crippen LogP) is 2.90. The second kappa shape index (κ2) is 5.46. The molecule has 0 aliphatic carbocycles. The van der Waals surface area contributed by atoms with Crippen LogP contribution in [0.4, 0.5) is 0 Å². The number of benzene rings is 1. The summed E-state index contributed by atoms with van der Waals surface area (Å²) in [7, 11) is 0. The van der Waals surface area contributed by atoms with Gasteiger partial charge in [-0.15, -0.1) is 11.6 Å². The molecule has 0 spiro atoms. The summed E-state index contributed by atoms with van der Waals surface area (Å²) in [5.41, 5.74) is 0.728. The van der Waals surface area contributed by atoms with Crippen molar-refractivity contribution in [2.75, 3.05) is 19.0 Å². The molecule has 1 aliphatic heterocycles. The van der Waals surface area contributed by atoms with Crippen molar-refractivity contribution < 1.29 is 13.9 Å². The van der Waals surface area contributed by atoms with Gasteiger partial charge in [0, 0.05) is 18.5 Å². The van der Waals surface area contributed by atoms with Crippen LogP contribution >= 0.6 is 11.6 Å². The first-order valence-electron chi connectivity index (χ1n) is 6.66. The zero-order valence-corrected chi connectivity index (χ0v) is 12.0. The number of nitrogens with zero attached hydrogens (tertiary/aromatic N) is 1. The third-order valence-electron chi connectivity index (χ3n) is 3.42. The molecular weight excluding hydrogens is 278 g/mol. The lowest BCUT2D eigenvalue weighted by Gasteiger charge is -2.35. The average Bonchev–Trinajstić information content (AvgIpc) is 2.89. The van der Waals surface area contributed by atoms with Gasteiger partial charge in [-0.1, -0.05) is 18.2 Å². The molecule has 1 aromatic heterocycles. The summed E-state index contributed by atoms with van der Waals surface area (Å²) in [6, 6.07) is 9.38. The second-order valence-corrected chi connectivity index (χ2v) is 5.39. The highest BCUT2D eigenvalue weighted by Crippen LogP contribution is 2.22. The number of hydrogen-bond acceptors (Lipinski definition) is 3. The molecule has 5 heteroatoms. The number of carbonyl (C=O) groups excluding carboxylic acids is 1. The number of furan rings is 1. The molecule has 2 heterocycles. The van der Waals surface area contributed by atoms with Crippen LogP contribution in [0, 0.1) is 0 Å². The Hall–Kier alpha value is -1.52. The van der Waals surface area contributed by atoms with E-state index in [2.05, 4.69) is 0 Å². The van der Waals surface area contributed by atoms with E-state index in [-0.39, 0.29) is 18.1 Å². The number of carbonyl (C=O) groups is 1. The molecule has 0 bridgehead atoms. The zero-order chi connectivity index (χ0) is 14.1. The van der Waals surface area contributed by atoms with Gasteiger partial charge in [0.15, 0.2) is 5.76 Å². The van der Waals surface area contributed by atoms with Gasteiger partial charge in [-0.05, 0) is 19.1 Å². The fourth-order valence-electron chi connectivity index (χ4n) is 2.54. The lowest BCUT2D eigenvalue weighted by atomic mass is 10.2. The van der Waals surface area contributed by atoms with Gasteiger partial charge in [0.2, 0.25) is 0 Å². The summed E-state index contributed by atoms with van der Waals surface area (Å²) in [5.74, 6) is 0.647. The van der Waals surface area contributed by atoms with Gasteiger partial charge >= 0.3 is 0 Å². The number of fused-ring (bicyclic) bond motifs is 1. The van der Waals surface area contributed by atoms with Gasteiger partial charge < -0.3 is 14.1 Å². The van der Waals surface area contributed by atoms with Crippen LogP contribution in [0.25, 0.3) is 11.0 Å². The Balaban J connectivity index is 1.84. The first-order valence-corrected chi connectivity index (χ1v) is 7.20. The molecule has 1 aliphatic rings. The van der Waals surface area contributed by atoms with Crippen molar-refractivity contribution in [3.8, 4) is 0 Å². The predicted molar refractivity (Wildman–Crippen MR) is 77.2 cm³/mol. The van der Waals surface area contributed by atoms with Gasteiger partial charge in [0.05, 0.1) is 18.1 Å². The molecule has 20 heavy (non-hydrogen) atoms. The van der Waals surface area contributed by atoms with Gasteiger partial charge in [0.25, 0.3) is 5.91 Å². The van der Waals surface area contributed by atoms with Crippen LogP contribution in [0.15, 0.2) is 34.7 Å². The number of alkyl halides is 1. The Kier molecular flexibility index (Phi) is 3.68. The van der Waals surface area contributed by atoms with E-state index in [4.69, 9.17) is 20.8 Å². The molecular formula is C15H16ClNO3. The minimum Gasteiger partial charge on any atom is -0.451 e. The summed E-state index contributed by atoms with van der Waals surface area (Å²) in [4.78, 5) is 14.3. The van der Waals surface area contributed by atoms with Gasteiger partial charge in [-0.2, -0.15) is 0 Å². The van der Waals surface area contributed by atoms with E-state index < -0.39 is 0 Å². The molecule has 0 radical (unpaired) electrons. The number of hydrogen-bond donors (Lipinski definition) is 0. The van der Waals surface area contributed by atoms with Crippen molar-refractivity contribution in [1.82, 2.24) is 4.90 Å². The van der Waals surface area contributed by atoms with Crippen LogP contribution in [0.3, 0.4) is 0 Å². The standard InChI is InChI=1S/C15H16ClNO3/c1-10-8-17(9-12(7-16)19-10)15(18)14-6-11-4-2-3-5-13(11)20-14/h2-6,10,12H,7-9H2,1H3. The largest absolute Gasteiger partial charge is 0.451 e. The van der Waals surface area contributed by atoms with E-state index in [9.17, 15) is 4.79 Å².